The van der Waals surface area contributed by atoms with Crippen molar-refractivity contribution in [2.24, 2.45) is 0 Å². The first-order chi connectivity index (χ1) is 32.2. The van der Waals surface area contributed by atoms with Crippen molar-refractivity contribution in [1.82, 2.24) is 0 Å². The minimum Gasteiger partial charge on any atom is -0.462 e. The number of aliphatic hydroxyl groups excluding tert-OH is 1. The number of carbonyl (C=O) groups is 3. The Morgan fingerprint density at radius 2 is 0.697 bits per heavy atom. The van der Waals surface area contributed by atoms with Gasteiger partial charge < -0.3 is 24.2 Å². The van der Waals surface area contributed by atoms with E-state index in [1.165, 1.54) is 141 Å². The summed E-state index contributed by atoms with van der Waals surface area (Å²) in [4.78, 5) is 48.3. The molecule has 0 aromatic rings. The molecule has 0 saturated heterocycles. The standard InChI is InChI=1S/C54H103O11P/c1-4-7-10-13-16-19-22-24-25-27-30-33-36-39-42-45-54(58)65-51(47-61-52(56)43-40-37-34-31-28-21-18-15-12-9-6-3)49-63-66(59,60)62-48-50(46-55)64-53(57)44-41-38-35-32-29-26-23-20-17-14-11-8-5-2/h24-25,50-51,55H,4-23,26-49H2,1-3H3,(H,59,60)/b25-24-. The fourth-order valence-corrected chi connectivity index (χ4v) is 8.72. The first-order valence-corrected chi connectivity index (χ1v) is 29.1. The SMILES string of the molecule is CCCCCCCC/C=C\CCCCCCCC(=O)OC(COC(=O)CCCCCCCCCCCCC)COP(=O)(O)OCC(CO)OC(=O)CCCCCCCCCCCCCCC. The molecule has 0 aromatic carbocycles. The zero-order valence-electron chi connectivity index (χ0n) is 42.9. The zero-order chi connectivity index (χ0) is 48.4. The highest BCUT2D eigenvalue weighted by Gasteiger charge is 2.28. The van der Waals surface area contributed by atoms with Crippen LogP contribution in [0.2, 0.25) is 0 Å². The van der Waals surface area contributed by atoms with Gasteiger partial charge in [-0.2, -0.15) is 0 Å². The van der Waals surface area contributed by atoms with Crippen molar-refractivity contribution in [2.75, 3.05) is 26.4 Å². The molecule has 0 bridgehead atoms. The number of esters is 3. The molecule has 0 aliphatic rings. The predicted octanol–water partition coefficient (Wildman–Crippen LogP) is 15.7. The first kappa shape index (κ1) is 64.2. The topological polar surface area (TPSA) is 155 Å². The fraction of sp³-hybridized carbons (Fsp3) is 0.907. The van der Waals surface area contributed by atoms with Gasteiger partial charge in [0.05, 0.1) is 19.8 Å². The van der Waals surface area contributed by atoms with Crippen LogP contribution < -0.4 is 0 Å². The molecule has 11 nitrogen and oxygen atoms in total. The van der Waals surface area contributed by atoms with Crippen LogP contribution in [0.4, 0.5) is 0 Å². The lowest BCUT2D eigenvalue weighted by molar-refractivity contribution is -0.161. The normalized spacial score (nSPS) is 13.5. The molecule has 0 fully saturated rings. The lowest BCUT2D eigenvalue weighted by atomic mass is 10.0. The Morgan fingerprint density at radius 3 is 1.05 bits per heavy atom. The van der Waals surface area contributed by atoms with Crippen LogP contribution in [-0.4, -0.2) is 66.5 Å². The molecule has 2 N–H and O–H groups in total. The Hall–Kier alpha value is -1.78. The van der Waals surface area contributed by atoms with Crippen LogP contribution in [0.15, 0.2) is 12.2 Å². The van der Waals surface area contributed by atoms with Crippen LogP contribution in [0.5, 0.6) is 0 Å². The summed E-state index contributed by atoms with van der Waals surface area (Å²) in [5.41, 5.74) is 0. The number of phosphoric ester groups is 1. The van der Waals surface area contributed by atoms with E-state index in [0.29, 0.717) is 19.3 Å². The second kappa shape index (κ2) is 49.6. The van der Waals surface area contributed by atoms with Crippen LogP contribution in [0.25, 0.3) is 0 Å². The van der Waals surface area contributed by atoms with E-state index in [2.05, 4.69) is 32.9 Å². The molecular weight excluding hydrogens is 856 g/mol. The van der Waals surface area contributed by atoms with Gasteiger partial charge in [0.25, 0.3) is 0 Å². The molecule has 3 unspecified atom stereocenters. The number of carbonyl (C=O) groups excluding carboxylic acids is 3. The predicted molar refractivity (Wildman–Crippen MR) is 270 cm³/mol. The van der Waals surface area contributed by atoms with Gasteiger partial charge in [-0.1, -0.05) is 226 Å². The maximum atomic E-state index is 12.9. The smallest absolute Gasteiger partial charge is 0.462 e. The van der Waals surface area contributed by atoms with Gasteiger partial charge in [0.15, 0.2) is 6.10 Å². The zero-order valence-corrected chi connectivity index (χ0v) is 43.8. The van der Waals surface area contributed by atoms with Gasteiger partial charge in [-0.15, -0.1) is 0 Å². The number of aliphatic hydroxyl groups is 1. The van der Waals surface area contributed by atoms with E-state index in [9.17, 15) is 28.9 Å². The van der Waals surface area contributed by atoms with Gasteiger partial charge in [0.1, 0.15) is 12.7 Å². The van der Waals surface area contributed by atoms with Crippen LogP contribution in [0.1, 0.15) is 278 Å². The average molecular weight is 959 g/mol. The lowest BCUT2D eigenvalue weighted by Gasteiger charge is -2.21. The minimum absolute atomic E-state index is 0.164. The van der Waals surface area contributed by atoms with Gasteiger partial charge in [-0.05, 0) is 44.9 Å². The van der Waals surface area contributed by atoms with Crippen LogP contribution in [-0.2, 0) is 42.2 Å². The average Bonchev–Trinajstić information content (AvgIpc) is 3.30. The summed E-state index contributed by atoms with van der Waals surface area (Å²) in [7, 11) is -4.73. The second-order valence-electron chi connectivity index (χ2n) is 18.8. The van der Waals surface area contributed by atoms with Crippen molar-refractivity contribution in [3.63, 3.8) is 0 Å². The quantitative estimate of drug-likeness (QED) is 0.0197. The van der Waals surface area contributed by atoms with Gasteiger partial charge >= 0.3 is 25.7 Å². The molecule has 12 heteroatoms. The Balaban J connectivity index is 4.68. The molecule has 0 amide bonds. The minimum atomic E-state index is -4.73. The molecule has 0 aromatic heterocycles. The van der Waals surface area contributed by atoms with E-state index < -0.39 is 57.8 Å². The number of unbranched alkanes of at least 4 members (excludes halogenated alkanes) is 33. The van der Waals surface area contributed by atoms with Crippen molar-refractivity contribution < 1.29 is 52.2 Å². The molecule has 0 rings (SSSR count). The third-order valence-electron chi connectivity index (χ3n) is 12.2. The Morgan fingerprint density at radius 1 is 0.409 bits per heavy atom. The number of ether oxygens (including phenoxy) is 3. The molecule has 0 aliphatic heterocycles. The number of allylic oxidation sites excluding steroid dienone is 2. The van der Waals surface area contributed by atoms with Crippen molar-refractivity contribution in [1.29, 1.82) is 0 Å². The highest BCUT2D eigenvalue weighted by Crippen LogP contribution is 2.43. The molecule has 66 heavy (non-hydrogen) atoms. The van der Waals surface area contributed by atoms with E-state index in [1.807, 2.05) is 0 Å². The number of hydrogen-bond donors (Lipinski definition) is 2. The van der Waals surface area contributed by atoms with Crippen LogP contribution >= 0.6 is 7.82 Å². The molecule has 390 valence electrons. The lowest BCUT2D eigenvalue weighted by Crippen LogP contribution is -2.30. The summed E-state index contributed by atoms with van der Waals surface area (Å²) >= 11 is 0. The van der Waals surface area contributed by atoms with E-state index in [4.69, 9.17) is 23.3 Å². The summed E-state index contributed by atoms with van der Waals surface area (Å²) in [5.74, 6) is -1.45. The maximum absolute atomic E-state index is 12.9. The van der Waals surface area contributed by atoms with Crippen molar-refractivity contribution in [3.8, 4) is 0 Å². The summed E-state index contributed by atoms with van der Waals surface area (Å²) in [6, 6.07) is 0. The molecule has 3 atom stereocenters. The van der Waals surface area contributed by atoms with E-state index in [1.54, 1.807) is 0 Å². The van der Waals surface area contributed by atoms with Gasteiger partial charge in [-0.3, -0.25) is 23.4 Å². The Labute approximate surface area is 405 Å². The van der Waals surface area contributed by atoms with Crippen molar-refractivity contribution in [3.05, 3.63) is 12.2 Å². The highest BCUT2D eigenvalue weighted by atomic mass is 31.2. The summed E-state index contributed by atoms with van der Waals surface area (Å²) in [6.07, 6.45) is 46.0. The van der Waals surface area contributed by atoms with Crippen molar-refractivity contribution >= 4 is 25.7 Å². The second-order valence-corrected chi connectivity index (χ2v) is 20.2. The first-order valence-electron chi connectivity index (χ1n) is 27.6. The molecule has 0 radical (unpaired) electrons. The van der Waals surface area contributed by atoms with E-state index in [-0.39, 0.29) is 25.9 Å². The fourth-order valence-electron chi connectivity index (χ4n) is 7.94. The molecule has 0 spiro atoms. The highest BCUT2D eigenvalue weighted by molar-refractivity contribution is 7.47. The number of phosphoric acid groups is 1. The third-order valence-corrected chi connectivity index (χ3v) is 13.1. The van der Waals surface area contributed by atoms with Gasteiger partial charge in [0, 0.05) is 19.3 Å². The maximum Gasteiger partial charge on any atom is 0.472 e. The van der Waals surface area contributed by atoms with Gasteiger partial charge in [-0.25, -0.2) is 4.57 Å². The van der Waals surface area contributed by atoms with E-state index in [0.717, 1.165) is 77.0 Å². The Bertz CT molecular complexity index is 1160. The van der Waals surface area contributed by atoms with Crippen LogP contribution in [0, 0.1) is 0 Å². The third kappa shape index (κ3) is 47.3. The van der Waals surface area contributed by atoms with E-state index >= 15 is 0 Å². The van der Waals surface area contributed by atoms with Crippen LogP contribution in [0.3, 0.4) is 0 Å². The van der Waals surface area contributed by atoms with Crippen molar-refractivity contribution in [2.45, 2.75) is 290 Å². The molecule has 0 saturated carbocycles. The molecule has 0 aliphatic carbocycles. The summed E-state index contributed by atoms with van der Waals surface area (Å²) < 4.78 is 39.4. The number of rotatable bonds is 52. The summed E-state index contributed by atoms with van der Waals surface area (Å²) in [6.45, 7) is 4.66. The Kier molecular flexibility index (Phi) is 48.3. The molecule has 0 heterocycles. The number of hydrogen-bond acceptors (Lipinski definition) is 10. The molecular formula is C54H103O11P. The summed E-state index contributed by atoms with van der Waals surface area (Å²) in [5, 5.41) is 9.78. The largest absolute Gasteiger partial charge is 0.472 e. The van der Waals surface area contributed by atoms with Gasteiger partial charge in [0.2, 0.25) is 0 Å². The monoisotopic (exact) mass is 959 g/mol.